The molecular weight excluding hydrogens is 172 g/mol. The minimum atomic E-state index is 0.330. The van der Waals surface area contributed by atoms with E-state index in [1.807, 2.05) is 0 Å². The third-order valence-corrected chi connectivity index (χ3v) is 4.15. The van der Waals surface area contributed by atoms with E-state index in [1.165, 1.54) is 38.5 Å². The van der Waals surface area contributed by atoms with Gasteiger partial charge in [0.1, 0.15) is 0 Å². The van der Waals surface area contributed by atoms with E-state index >= 15 is 0 Å². The summed E-state index contributed by atoms with van der Waals surface area (Å²) < 4.78 is 0. The highest BCUT2D eigenvalue weighted by atomic mass is 15.2. The highest BCUT2D eigenvalue weighted by Gasteiger charge is 2.38. The molecule has 0 saturated heterocycles. The van der Waals surface area contributed by atoms with Crippen LogP contribution in [0.1, 0.15) is 52.4 Å². The van der Waals surface area contributed by atoms with Gasteiger partial charge in [-0.1, -0.05) is 26.7 Å². The van der Waals surface area contributed by atoms with Gasteiger partial charge in [-0.15, -0.1) is 0 Å². The van der Waals surface area contributed by atoms with E-state index < -0.39 is 0 Å². The lowest BCUT2D eigenvalue weighted by Gasteiger charge is -2.42. The molecule has 2 heteroatoms. The van der Waals surface area contributed by atoms with Crippen LogP contribution >= 0.6 is 0 Å². The van der Waals surface area contributed by atoms with Gasteiger partial charge in [0.15, 0.2) is 0 Å². The highest BCUT2D eigenvalue weighted by Crippen LogP contribution is 2.35. The van der Waals surface area contributed by atoms with Gasteiger partial charge < -0.3 is 5.73 Å². The largest absolute Gasteiger partial charge is 0.329 e. The van der Waals surface area contributed by atoms with E-state index in [0.29, 0.717) is 5.54 Å². The van der Waals surface area contributed by atoms with E-state index in [4.69, 9.17) is 5.73 Å². The maximum Gasteiger partial charge on any atom is 0.0331 e. The maximum absolute atomic E-state index is 5.98. The van der Waals surface area contributed by atoms with Crippen molar-refractivity contribution in [3.63, 3.8) is 0 Å². The van der Waals surface area contributed by atoms with E-state index in [2.05, 4.69) is 25.8 Å². The second-order valence-electron chi connectivity index (χ2n) is 4.72. The third-order valence-electron chi connectivity index (χ3n) is 4.15. The van der Waals surface area contributed by atoms with Crippen molar-refractivity contribution in [1.29, 1.82) is 0 Å². The summed E-state index contributed by atoms with van der Waals surface area (Å²) in [6.45, 7) is 5.40. The molecule has 0 radical (unpaired) electrons. The molecule has 2 nitrogen and oxygen atoms in total. The predicted molar refractivity (Wildman–Crippen MR) is 62.4 cm³/mol. The zero-order valence-corrected chi connectivity index (χ0v) is 10.1. The molecule has 1 aliphatic rings. The molecular formula is C12H26N2. The Bertz CT molecular complexity index is 158. The first kappa shape index (κ1) is 12.0. The van der Waals surface area contributed by atoms with Gasteiger partial charge in [-0.05, 0) is 32.7 Å². The molecule has 0 aromatic rings. The zero-order valence-electron chi connectivity index (χ0n) is 10.1. The monoisotopic (exact) mass is 198 g/mol. The molecule has 0 amide bonds. The minimum absolute atomic E-state index is 0.330. The van der Waals surface area contributed by atoms with Crippen LogP contribution in [0.25, 0.3) is 0 Å². The van der Waals surface area contributed by atoms with Crippen LogP contribution in [0, 0.1) is 0 Å². The van der Waals surface area contributed by atoms with Crippen LogP contribution in [0.4, 0.5) is 0 Å². The van der Waals surface area contributed by atoms with Crippen LogP contribution < -0.4 is 5.73 Å². The molecule has 0 atom stereocenters. The number of nitrogens with zero attached hydrogens (tertiary/aromatic N) is 1. The van der Waals surface area contributed by atoms with Crippen molar-refractivity contribution in [2.45, 2.75) is 64.0 Å². The van der Waals surface area contributed by atoms with Gasteiger partial charge in [0.25, 0.3) is 0 Å². The Hall–Kier alpha value is -0.0800. The summed E-state index contributed by atoms with van der Waals surface area (Å²) in [7, 11) is 2.27. The van der Waals surface area contributed by atoms with Crippen molar-refractivity contribution in [2.75, 3.05) is 13.6 Å². The van der Waals surface area contributed by atoms with Gasteiger partial charge in [-0.25, -0.2) is 0 Å². The SMILES string of the molecule is CCC(CC)N(C)C1(CN)CCCC1. The van der Waals surface area contributed by atoms with Crippen LogP contribution in [0.5, 0.6) is 0 Å². The number of hydrogen-bond acceptors (Lipinski definition) is 2. The molecule has 0 spiro atoms. The number of hydrogen-bond donors (Lipinski definition) is 1. The second kappa shape index (κ2) is 5.13. The average Bonchev–Trinajstić information content (AvgIpc) is 2.69. The molecule has 0 aromatic carbocycles. The first-order chi connectivity index (χ1) is 6.70. The molecule has 2 N–H and O–H groups in total. The lowest BCUT2D eigenvalue weighted by Crippen LogP contribution is -2.54. The van der Waals surface area contributed by atoms with Crippen LogP contribution in [0.3, 0.4) is 0 Å². The fourth-order valence-corrected chi connectivity index (χ4v) is 2.96. The molecule has 14 heavy (non-hydrogen) atoms. The predicted octanol–water partition coefficient (Wildman–Crippen LogP) is 2.38. The van der Waals surface area contributed by atoms with Crippen LogP contribution in [-0.4, -0.2) is 30.1 Å². The van der Waals surface area contributed by atoms with Gasteiger partial charge >= 0.3 is 0 Å². The Labute approximate surface area is 88.8 Å². The summed E-state index contributed by atoms with van der Waals surface area (Å²) in [6.07, 6.45) is 7.82. The van der Waals surface area contributed by atoms with Crippen LogP contribution in [0.2, 0.25) is 0 Å². The Morgan fingerprint density at radius 3 is 2.07 bits per heavy atom. The van der Waals surface area contributed by atoms with E-state index in [-0.39, 0.29) is 0 Å². The zero-order chi connectivity index (χ0) is 10.6. The maximum atomic E-state index is 5.98. The Morgan fingerprint density at radius 1 is 1.21 bits per heavy atom. The molecule has 0 aromatic heterocycles. The second-order valence-corrected chi connectivity index (χ2v) is 4.72. The lowest BCUT2D eigenvalue weighted by atomic mass is 9.92. The normalized spacial score (nSPS) is 21.0. The summed E-state index contributed by atoms with van der Waals surface area (Å²) in [4.78, 5) is 2.57. The average molecular weight is 198 g/mol. The summed E-state index contributed by atoms with van der Waals surface area (Å²) >= 11 is 0. The standard InChI is InChI=1S/C12H26N2/c1-4-11(5-2)14(3)12(10-13)8-6-7-9-12/h11H,4-10,13H2,1-3H3. The summed E-state index contributed by atoms with van der Waals surface area (Å²) in [6, 6.07) is 0.719. The van der Waals surface area contributed by atoms with Gasteiger partial charge in [-0.2, -0.15) is 0 Å². The van der Waals surface area contributed by atoms with Crippen molar-refractivity contribution in [2.24, 2.45) is 5.73 Å². The summed E-state index contributed by atoms with van der Waals surface area (Å²) in [5.74, 6) is 0. The molecule has 0 bridgehead atoms. The van der Waals surface area contributed by atoms with E-state index in [9.17, 15) is 0 Å². The van der Waals surface area contributed by atoms with Crippen molar-refractivity contribution >= 4 is 0 Å². The fraction of sp³-hybridized carbons (Fsp3) is 1.00. The van der Waals surface area contributed by atoms with E-state index in [0.717, 1.165) is 12.6 Å². The molecule has 1 fully saturated rings. The van der Waals surface area contributed by atoms with E-state index in [1.54, 1.807) is 0 Å². The topological polar surface area (TPSA) is 29.3 Å². The molecule has 1 saturated carbocycles. The van der Waals surface area contributed by atoms with Crippen molar-refractivity contribution in [3.8, 4) is 0 Å². The third kappa shape index (κ3) is 2.12. The number of likely N-dealkylation sites (N-methyl/N-ethyl adjacent to an activating group) is 1. The molecule has 84 valence electrons. The van der Waals surface area contributed by atoms with Gasteiger partial charge in [0, 0.05) is 18.1 Å². The van der Waals surface area contributed by atoms with Gasteiger partial charge in [0.2, 0.25) is 0 Å². The van der Waals surface area contributed by atoms with Crippen LogP contribution in [-0.2, 0) is 0 Å². The first-order valence-electron chi connectivity index (χ1n) is 6.13. The van der Waals surface area contributed by atoms with Crippen molar-refractivity contribution in [1.82, 2.24) is 4.90 Å². The smallest absolute Gasteiger partial charge is 0.0331 e. The quantitative estimate of drug-likeness (QED) is 0.735. The Morgan fingerprint density at radius 2 is 1.71 bits per heavy atom. The van der Waals surface area contributed by atoms with Crippen molar-refractivity contribution < 1.29 is 0 Å². The Kier molecular flexibility index (Phi) is 4.39. The number of nitrogens with two attached hydrogens (primary N) is 1. The molecule has 0 unspecified atom stereocenters. The minimum Gasteiger partial charge on any atom is -0.329 e. The summed E-state index contributed by atoms with van der Waals surface area (Å²) in [5.41, 5.74) is 6.31. The molecule has 0 aliphatic heterocycles. The lowest BCUT2D eigenvalue weighted by molar-refractivity contribution is 0.0770. The highest BCUT2D eigenvalue weighted by molar-refractivity contribution is 4.96. The Balaban J connectivity index is 2.67. The molecule has 0 heterocycles. The molecule has 1 aliphatic carbocycles. The summed E-state index contributed by atoms with van der Waals surface area (Å²) in [5, 5.41) is 0. The van der Waals surface area contributed by atoms with Crippen molar-refractivity contribution in [3.05, 3.63) is 0 Å². The fourth-order valence-electron chi connectivity index (χ4n) is 2.96. The number of rotatable bonds is 5. The first-order valence-corrected chi connectivity index (χ1v) is 6.13. The van der Waals surface area contributed by atoms with Crippen LogP contribution in [0.15, 0.2) is 0 Å². The van der Waals surface area contributed by atoms with Gasteiger partial charge in [-0.3, -0.25) is 4.90 Å². The molecule has 1 rings (SSSR count). The van der Waals surface area contributed by atoms with Gasteiger partial charge in [0.05, 0.1) is 0 Å².